The van der Waals surface area contributed by atoms with Gasteiger partial charge in [-0.05, 0) is 30.3 Å². The van der Waals surface area contributed by atoms with Crippen LogP contribution in [0.5, 0.6) is 0 Å². The predicted molar refractivity (Wildman–Crippen MR) is 75.8 cm³/mol. The van der Waals surface area contributed by atoms with Crippen LogP contribution in [-0.4, -0.2) is 15.0 Å². The highest BCUT2D eigenvalue weighted by molar-refractivity contribution is 9.10. The molecule has 0 saturated heterocycles. The topological polar surface area (TPSA) is 93.6 Å². The van der Waals surface area contributed by atoms with Crippen molar-refractivity contribution in [1.82, 2.24) is 15.0 Å². The first-order chi connectivity index (χ1) is 8.61. The quantitative estimate of drug-likeness (QED) is 0.602. The molecule has 1 aromatic carbocycles. The van der Waals surface area contributed by atoms with Gasteiger partial charge in [0.05, 0.1) is 5.52 Å². The molecule has 0 amide bonds. The molecule has 0 bridgehead atoms. The van der Waals surface area contributed by atoms with E-state index in [4.69, 9.17) is 11.5 Å². The van der Waals surface area contributed by atoms with Crippen molar-refractivity contribution < 1.29 is 0 Å². The fourth-order valence-electron chi connectivity index (χ4n) is 1.79. The first-order valence-electron chi connectivity index (χ1n) is 5.30. The van der Waals surface area contributed by atoms with Gasteiger partial charge < -0.3 is 16.5 Å². The normalized spacial score (nSPS) is 10.9. The second kappa shape index (κ2) is 3.99. The molecular formula is C12H10BrN5. The Bertz CT molecular complexity index is 714. The Hall–Kier alpha value is -2.08. The smallest absolute Gasteiger partial charge is 0.180 e. The average Bonchev–Trinajstić information content (AvgIpc) is 2.70. The second-order valence-electron chi connectivity index (χ2n) is 3.97. The number of halogens is 1. The Labute approximate surface area is 111 Å². The van der Waals surface area contributed by atoms with Crippen molar-refractivity contribution in [3.05, 3.63) is 34.8 Å². The molecule has 0 aliphatic heterocycles. The van der Waals surface area contributed by atoms with Gasteiger partial charge in [-0.2, -0.15) is 0 Å². The van der Waals surface area contributed by atoms with Crippen LogP contribution in [0.3, 0.4) is 0 Å². The van der Waals surface area contributed by atoms with Crippen molar-refractivity contribution in [2.24, 2.45) is 0 Å². The molecule has 0 fully saturated rings. The highest BCUT2D eigenvalue weighted by Crippen LogP contribution is 2.25. The van der Waals surface area contributed by atoms with Crippen LogP contribution >= 0.6 is 15.9 Å². The van der Waals surface area contributed by atoms with Crippen LogP contribution < -0.4 is 11.5 Å². The zero-order valence-electron chi connectivity index (χ0n) is 9.31. The lowest BCUT2D eigenvalue weighted by molar-refractivity contribution is 1.30. The van der Waals surface area contributed by atoms with Crippen molar-refractivity contribution in [2.75, 3.05) is 11.5 Å². The second-order valence-corrected chi connectivity index (χ2v) is 4.88. The summed E-state index contributed by atoms with van der Waals surface area (Å²) in [4.78, 5) is 11.8. The number of benzene rings is 1. The number of imidazole rings is 1. The van der Waals surface area contributed by atoms with Gasteiger partial charge in [0.25, 0.3) is 0 Å². The Morgan fingerprint density at radius 2 is 1.89 bits per heavy atom. The highest BCUT2D eigenvalue weighted by atomic mass is 79.9. The minimum atomic E-state index is 0.453. The summed E-state index contributed by atoms with van der Waals surface area (Å²) >= 11 is 3.41. The Kier molecular flexibility index (Phi) is 2.45. The number of fused-ring (bicyclic) bond motifs is 1. The van der Waals surface area contributed by atoms with Crippen LogP contribution in [0, 0.1) is 0 Å². The van der Waals surface area contributed by atoms with Gasteiger partial charge in [-0.15, -0.1) is 0 Å². The molecule has 90 valence electrons. The van der Waals surface area contributed by atoms with E-state index in [1.54, 1.807) is 6.07 Å². The molecule has 0 aliphatic rings. The molecule has 3 rings (SSSR count). The number of hydrogen-bond donors (Lipinski definition) is 3. The van der Waals surface area contributed by atoms with Gasteiger partial charge in [0, 0.05) is 15.7 Å². The molecule has 5 N–H and O–H groups in total. The van der Waals surface area contributed by atoms with E-state index in [0.29, 0.717) is 17.2 Å². The van der Waals surface area contributed by atoms with E-state index in [1.807, 2.05) is 24.3 Å². The molecule has 3 aromatic rings. The van der Waals surface area contributed by atoms with E-state index in [2.05, 4.69) is 30.9 Å². The molecule has 0 unspecified atom stereocenters. The summed E-state index contributed by atoms with van der Waals surface area (Å²) in [6.07, 6.45) is 0. The predicted octanol–water partition coefficient (Wildman–Crippen LogP) is 2.55. The maximum absolute atomic E-state index is 5.81. The van der Waals surface area contributed by atoms with Crippen LogP contribution in [0.1, 0.15) is 0 Å². The van der Waals surface area contributed by atoms with Crippen LogP contribution in [0.25, 0.3) is 22.6 Å². The molecule has 6 heteroatoms. The van der Waals surface area contributed by atoms with Crippen molar-refractivity contribution >= 4 is 38.6 Å². The van der Waals surface area contributed by atoms with Crippen molar-refractivity contribution in [3.63, 3.8) is 0 Å². The number of nitrogens with one attached hydrogen (secondary N) is 1. The number of nitrogen functional groups attached to an aromatic ring is 2. The van der Waals surface area contributed by atoms with Crippen molar-refractivity contribution in [2.45, 2.75) is 0 Å². The molecule has 0 aliphatic carbocycles. The average molecular weight is 304 g/mol. The zero-order chi connectivity index (χ0) is 12.7. The van der Waals surface area contributed by atoms with E-state index < -0.39 is 0 Å². The number of rotatable bonds is 1. The number of nitrogens with two attached hydrogens (primary N) is 2. The number of aromatic nitrogens is 3. The minimum absolute atomic E-state index is 0.453. The van der Waals surface area contributed by atoms with Crippen molar-refractivity contribution in [3.8, 4) is 11.4 Å². The standard InChI is InChI=1S/C12H10BrN5/c13-7-3-6(4-8(14)5-7)11-16-9-1-2-10(15)17-12(9)18-11/h1-5H,14H2,(H3,15,16,17,18). The molecule has 18 heavy (non-hydrogen) atoms. The summed E-state index contributed by atoms with van der Waals surface area (Å²) < 4.78 is 0.908. The summed E-state index contributed by atoms with van der Waals surface area (Å²) in [5.74, 6) is 1.17. The van der Waals surface area contributed by atoms with E-state index >= 15 is 0 Å². The Morgan fingerprint density at radius 3 is 2.67 bits per heavy atom. The maximum atomic E-state index is 5.81. The summed E-state index contributed by atoms with van der Waals surface area (Å²) in [6, 6.07) is 9.22. The van der Waals surface area contributed by atoms with E-state index in [-0.39, 0.29) is 0 Å². The number of hydrogen-bond acceptors (Lipinski definition) is 4. The molecule has 0 saturated carbocycles. The number of pyridine rings is 1. The van der Waals surface area contributed by atoms with Gasteiger partial charge in [-0.1, -0.05) is 15.9 Å². The Morgan fingerprint density at radius 1 is 1.06 bits per heavy atom. The molecule has 0 spiro atoms. The van der Waals surface area contributed by atoms with Gasteiger partial charge in [-0.3, -0.25) is 0 Å². The molecule has 2 heterocycles. The van der Waals surface area contributed by atoms with Crippen LogP contribution in [0.4, 0.5) is 11.5 Å². The number of anilines is 2. The van der Waals surface area contributed by atoms with Gasteiger partial charge >= 0.3 is 0 Å². The van der Waals surface area contributed by atoms with Gasteiger partial charge in [0.1, 0.15) is 11.6 Å². The van der Waals surface area contributed by atoms with E-state index in [0.717, 1.165) is 21.4 Å². The highest BCUT2D eigenvalue weighted by Gasteiger charge is 2.07. The zero-order valence-corrected chi connectivity index (χ0v) is 10.9. The first-order valence-corrected chi connectivity index (χ1v) is 6.10. The summed E-state index contributed by atoms with van der Waals surface area (Å²) in [5.41, 5.74) is 14.5. The SMILES string of the molecule is Nc1cc(Br)cc(-c2nc3nc(N)ccc3[nH]2)c1. The summed E-state index contributed by atoms with van der Waals surface area (Å²) in [7, 11) is 0. The van der Waals surface area contributed by atoms with Gasteiger partial charge in [0.2, 0.25) is 0 Å². The minimum Gasteiger partial charge on any atom is -0.399 e. The lowest BCUT2D eigenvalue weighted by Gasteiger charge is -2.00. The molecule has 2 aromatic heterocycles. The lowest BCUT2D eigenvalue weighted by Crippen LogP contribution is -1.88. The Balaban J connectivity index is 2.19. The van der Waals surface area contributed by atoms with E-state index in [1.165, 1.54) is 0 Å². The molecular weight excluding hydrogens is 294 g/mol. The fraction of sp³-hybridized carbons (Fsp3) is 0. The molecule has 5 nitrogen and oxygen atoms in total. The summed E-state index contributed by atoms with van der Waals surface area (Å²) in [6.45, 7) is 0. The third-order valence-electron chi connectivity index (χ3n) is 2.56. The number of H-pyrrole nitrogens is 1. The monoisotopic (exact) mass is 303 g/mol. The molecule has 0 radical (unpaired) electrons. The van der Waals surface area contributed by atoms with E-state index in [9.17, 15) is 0 Å². The fourth-order valence-corrected chi connectivity index (χ4v) is 2.30. The molecule has 0 atom stereocenters. The van der Waals surface area contributed by atoms with Crippen LogP contribution in [0.2, 0.25) is 0 Å². The third kappa shape index (κ3) is 1.91. The van der Waals surface area contributed by atoms with Crippen LogP contribution in [-0.2, 0) is 0 Å². The number of aromatic amines is 1. The first kappa shape index (κ1) is 11.0. The maximum Gasteiger partial charge on any atom is 0.180 e. The third-order valence-corrected chi connectivity index (χ3v) is 3.02. The largest absolute Gasteiger partial charge is 0.399 e. The number of nitrogens with zero attached hydrogens (tertiary/aromatic N) is 2. The van der Waals surface area contributed by atoms with Gasteiger partial charge in [0.15, 0.2) is 5.65 Å². The van der Waals surface area contributed by atoms with Crippen LogP contribution in [0.15, 0.2) is 34.8 Å². The van der Waals surface area contributed by atoms with Gasteiger partial charge in [-0.25, -0.2) is 9.97 Å². The summed E-state index contributed by atoms with van der Waals surface area (Å²) in [5, 5.41) is 0. The van der Waals surface area contributed by atoms with Crippen molar-refractivity contribution in [1.29, 1.82) is 0 Å². The lowest BCUT2D eigenvalue weighted by atomic mass is 10.2.